The molecule has 0 bridgehead atoms. The van der Waals surface area contributed by atoms with E-state index in [2.05, 4.69) is 0 Å². The topological polar surface area (TPSA) is 46.1 Å². The van der Waals surface area contributed by atoms with Gasteiger partial charge in [0.05, 0.1) is 0 Å². The molecule has 2 nitrogen and oxygen atoms in total. The molecule has 0 aromatic rings. The van der Waals surface area contributed by atoms with E-state index in [1.54, 1.807) is 41.5 Å². The molecule has 11 heavy (non-hydrogen) atoms. The molecule has 0 amide bonds. The summed E-state index contributed by atoms with van der Waals surface area (Å²) in [6, 6.07) is 0. The Balaban J connectivity index is -0.000000107. The van der Waals surface area contributed by atoms with Gasteiger partial charge < -0.3 is 10.2 Å². The summed E-state index contributed by atoms with van der Waals surface area (Å²) in [5.41, 5.74) is -1.50. The number of hydrogen-bond acceptors (Lipinski definition) is 2. The van der Waals surface area contributed by atoms with Crippen LogP contribution < -0.4 is 10.2 Å². The Morgan fingerprint density at radius 1 is 0.636 bits per heavy atom. The van der Waals surface area contributed by atoms with Gasteiger partial charge >= 0.3 is 10.1 Å². The van der Waals surface area contributed by atoms with Crippen molar-refractivity contribution in [3.63, 3.8) is 0 Å². The third-order valence-electron chi connectivity index (χ3n) is 0. The van der Waals surface area contributed by atoms with Gasteiger partial charge in [-0.2, -0.15) is 0 Å². The second-order valence-electron chi connectivity index (χ2n) is 4.22. The van der Waals surface area contributed by atoms with Crippen molar-refractivity contribution in [2.45, 2.75) is 52.7 Å². The second kappa shape index (κ2) is 5.70. The zero-order valence-electron chi connectivity index (χ0n) is 8.52. The van der Waals surface area contributed by atoms with E-state index in [-0.39, 0.29) is 10.1 Å². The van der Waals surface area contributed by atoms with Crippen LogP contribution in [0.2, 0.25) is 0 Å². The number of rotatable bonds is 0. The van der Waals surface area contributed by atoms with E-state index in [1.165, 1.54) is 0 Å². The van der Waals surface area contributed by atoms with E-state index in [1.807, 2.05) is 0 Å². The molecular weight excluding hydrogens is 137 g/mol. The predicted octanol–water partition coefficient (Wildman–Crippen LogP) is -0.0904. The first-order valence-corrected chi connectivity index (χ1v) is 3.41. The molecule has 0 aromatic carbocycles. The second-order valence-corrected chi connectivity index (χ2v) is 4.22. The Bertz CT molecular complexity index is 55.1. The molecule has 0 fully saturated rings. The Morgan fingerprint density at radius 2 is 0.636 bits per heavy atom. The van der Waals surface area contributed by atoms with Crippen LogP contribution in [0.5, 0.6) is 0 Å². The van der Waals surface area contributed by atoms with E-state index in [0.717, 1.165) is 0 Å². The fraction of sp³-hybridized carbons (Fsp3) is 1.00. The Hall–Kier alpha value is 0.0888. The van der Waals surface area contributed by atoms with E-state index in [4.69, 9.17) is 0 Å². The quantitative estimate of drug-likeness (QED) is 0.459. The van der Waals surface area contributed by atoms with Gasteiger partial charge in [0.25, 0.3) is 0 Å². The number of hydrogen-bond donors (Lipinski definition) is 0. The molecular formula is C8H18BeO2. The third-order valence-corrected chi connectivity index (χ3v) is 0. The average Bonchev–Trinajstić information content (AvgIpc) is 1.12. The fourth-order valence-corrected chi connectivity index (χ4v) is 0. The van der Waals surface area contributed by atoms with Crippen molar-refractivity contribution in [2.75, 3.05) is 0 Å². The monoisotopic (exact) mass is 155 g/mol. The minimum atomic E-state index is -0.750. The summed E-state index contributed by atoms with van der Waals surface area (Å²) in [4.78, 5) is 0. The molecule has 64 valence electrons. The molecule has 0 saturated heterocycles. The SMILES string of the molecule is CC(C)(C)[O-].CC(C)(C)[O-].[Be+2]. The van der Waals surface area contributed by atoms with Crippen LogP contribution in [0.1, 0.15) is 41.5 Å². The zero-order valence-corrected chi connectivity index (χ0v) is 8.52. The van der Waals surface area contributed by atoms with Crippen molar-refractivity contribution in [1.29, 1.82) is 0 Å². The van der Waals surface area contributed by atoms with Gasteiger partial charge in [0.2, 0.25) is 0 Å². The minimum Gasteiger partial charge on any atom is -0.850 e. The molecule has 0 aliphatic rings. The van der Waals surface area contributed by atoms with Gasteiger partial charge in [0.1, 0.15) is 0 Å². The Labute approximate surface area is 73.9 Å². The van der Waals surface area contributed by atoms with Crippen LogP contribution >= 0.6 is 0 Å². The summed E-state index contributed by atoms with van der Waals surface area (Å²) >= 11 is 0. The molecule has 3 heteroatoms. The van der Waals surface area contributed by atoms with E-state index in [9.17, 15) is 10.2 Å². The van der Waals surface area contributed by atoms with Crippen molar-refractivity contribution in [3.05, 3.63) is 0 Å². The minimum absolute atomic E-state index is 0. The first kappa shape index (κ1) is 17.3. The van der Waals surface area contributed by atoms with Crippen LogP contribution in [0.3, 0.4) is 0 Å². The third kappa shape index (κ3) is 83700. The van der Waals surface area contributed by atoms with Gasteiger partial charge in [0, 0.05) is 0 Å². The normalized spacial score (nSPS) is 10.9. The summed E-state index contributed by atoms with van der Waals surface area (Å²) in [7, 11) is 0. The summed E-state index contributed by atoms with van der Waals surface area (Å²) in [5.74, 6) is 0. The van der Waals surface area contributed by atoms with E-state index in [0.29, 0.717) is 0 Å². The molecule has 0 unspecified atom stereocenters. The maximum absolute atomic E-state index is 10.1. The van der Waals surface area contributed by atoms with Crippen LogP contribution in [0.4, 0.5) is 0 Å². The van der Waals surface area contributed by atoms with Crippen LogP contribution in [0.15, 0.2) is 0 Å². The summed E-state index contributed by atoms with van der Waals surface area (Å²) in [5, 5.41) is 20.2. The molecule has 0 saturated carbocycles. The van der Waals surface area contributed by atoms with Gasteiger partial charge in [-0.3, -0.25) is 0 Å². The van der Waals surface area contributed by atoms with Gasteiger partial charge in [0.15, 0.2) is 0 Å². The Kier molecular flexibility index (Phi) is 8.94. The molecule has 0 atom stereocenters. The largest absolute Gasteiger partial charge is 2.00 e. The fourth-order valence-electron chi connectivity index (χ4n) is 0. The molecule has 0 aliphatic heterocycles. The summed E-state index contributed by atoms with van der Waals surface area (Å²) in [6.45, 7) is 9.79. The smallest absolute Gasteiger partial charge is 0.850 e. The maximum Gasteiger partial charge on any atom is 2.00 e. The van der Waals surface area contributed by atoms with Crippen molar-refractivity contribution in [1.82, 2.24) is 0 Å². The summed E-state index contributed by atoms with van der Waals surface area (Å²) < 4.78 is 0. The first-order valence-electron chi connectivity index (χ1n) is 3.41. The average molecular weight is 155 g/mol. The maximum atomic E-state index is 10.1. The van der Waals surface area contributed by atoms with Crippen molar-refractivity contribution in [2.24, 2.45) is 0 Å². The molecule has 0 aliphatic carbocycles. The predicted molar refractivity (Wildman–Crippen MR) is 45.3 cm³/mol. The van der Waals surface area contributed by atoms with E-state index < -0.39 is 11.2 Å². The zero-order chi connectivity index (χ0) is 9.00. The van der Waals surface area contributed by atoms with Crippen LogP contribution in [0.25, 0.3) is 0 Å². The van der Waals surface area contributed by atoms with Crippen molar-refractivity contribution in [3.8, 4) is 0 Å². The van der Waals surface area contributed by atoms with Crippen LogP contribution in [-0.4, -0.2) is 21.3 Å². The van der Waals surface area contributed by atoms with Crippen molar-refractivity contribution >= 4 is 10.1 Å². The van der Waals surface area contributed by atoms with Crippen LogP contribution in [0, 0.1) is 0 Å². The summed E-state index contributed by atoms with van der Waals surface area (Å²) in [6.07, 6.45) is 0. The molecule has 0 heterocycles. The van der Waals surface area contributed by atoms with Crippen LogP contribution in [-0.2, 0) is 0 Å². The van der Waals surface area contributed by atoms with Crippen molar-refractivity contribution < 1.29 is 10.2 Å². The first-order chi connectivity index (χ1) is 4.00. The van der Waals surface area contributed by atoms with Gasteiger partial charge in [-0.05, 0) is 0 Å². The van der Waals surface area contributed by atoms with Gasteiger partial charge in [-0.1, -0.05) is 41.5 Å². The molecule has 0 N–H and O–H groups in total. The molecule has 0 radical (unpaired) electrons. The van der Waals surface area contributed by atoms with Gasteiger partial charge in [-0.15, -0.1) is 11.2 Å². The molecule has 0 rings (SSSR count). The van der Waals surface area contributed by atoms with Gasteiger partial charge in [-0.25, -0.2) is 0 Å². The standard InChI is InChI=1S/2C4H9O.Be/c2*1-4(2,3)5;/h2*1-3H3;/q2*-1;+2. The van der Waals surface area contributed by atoms with E-state index >= 15 is 0 Å². The molecule has 0 spiro atoms. The molecule has 0 aromatic heterocycles. The Morgan fingerprint density at radius 3 is 0.636 bits per heavy atom.